The van der Waals surface area contributed by atoms with Gasteiger partial charge in [0.1, 0.15) is 17.5 Å². The van der Waals surface area contributed by atoms with Crippen molar-refractivity contribution in [2.45, 2.75) is 45.1 Å². The van der Waals surface area contributed by atoms with Crippen molar-refractivity contribution in [3.05, 3.63) is 11.9 Å². The summed E-state index contributed by atoms with van der Waals surface area (Å²) in [6, 6.07) is 1.83. The highest BCUT2D eigenvalue weighted by Gasteiger charge is 2.28. The maximum Gasteiger partial charge on any atom is 0.145 e. The lowest BCUT2D eigenvalue weighted by molar-refractivity contribution is 0.0539. The second-order valence-electron chi connectivity index (χ2n) is 5.29. The third-order valence-corrected chi connectivity index (χ3v) is 3.26. The first-order chi connectivity index (χ1) is 9.15. The summed E-state index contributed by atoms with van der Waals surface area (Å²) in [4.78, 5) is 8.88. The Balaban J connectivity index is 2.16. The number of nitrogen functional groups attached to an aromatic ring is 1. The normalized spacial score (nSPS) is 23.1. The second kappa shape index (κ2) is 6.16. The van der Waals surface area contributed by atoms with Crippen LogP contribution in [-0.4, -0.2) is 28.7 Å². The molecule has 6 nitrogen and oxygen atoms in total. The standard InChI is InChI=1S/C13H23N5O/c1-3-5-10-15-11(8-12(16-10)18-14)17-13(2)6-4-7-19-9-13/h8H,3-7,9,14H2,1-2H3,(H2,15,16,17,18). The Morgan fingerprint density at radius 1 is 1.42 bits per heavy atom. The van der Waals surface area contributed by atoms with Crippen LogP contribution in [0.15, 0.2) is 6.07 Å². The number of ether oxygens (including phenoxy) is 1. The van der Waals surface area contributed by atoms with E-state index in [-0.39, 0.29) is 5.54 Å². The lowest BCUT2D eigenvalue weighted by Crippen LogP contribution is -2.43. The van der Waals surface area contributed by atoms with Crippen LogP contribution < -0.4 is 16.6 Å². The molecule has 1 fully saturated rings. The van der Waals surface area contributed by atoms with Crippen molar-refractivity contribution in [1.29, 1.82) is 0 Å². The van der Waals surface area contributed by atoms with Crippen molar-refractivity contribution in [3.8, 4) is 0 Å². The van der Waals surface area contributed by atoms with Crippen molar-refractivity contribution in [2.24, 2.45) is 5.84 Å². The highest BCUT2D eigenvalue weighted by molar-refractivity contribution is 5.48. The summed E-state index contributed by atoms with van der Waals surface area (Å²) in [5.74, 6) is 7.71. The molecule has 19 heavy (non-hydrogen) atoms. The van der Waals surface area contributed by atoms with Crippen LogP contribution in [0.2, 0.25) is 0 Å². The molecule has 0 radical (unpaired) electrons. The van der Waals surface area contributed by atoms with Gasteiger partial charge in [0.25, 0.3) is 0 Å². The molecule has 4 N–H and O–H groups in total. The van der Waals surface area contributed by atoms with Crippen LogP contribution in [0.1, 0.15) is 38.9 Å². The summed E-state index contributed by atoms with van der Waals surface area (Å²) in [5, 5.41) is 3.46. The van der Waals surface area contributed by atoms with Gasteiger partial charge in [-0.15, -0.1) is 0 Å². The lowest BCUT2D eigenvalue weighted by Gasteiger charge is -2.34. The molecule has 0 bridgehead atoms. The van der Waals surface area contributed by atoms with E-state index < -0.39 is 0 Å². The fourth-order valence-electron chi connectivity index (χ4n) is 2.31. The van der Waals surface area contributed by atoms with Crippen molar-refractivity contribution >= 4 is 11.6 Å². The molecule has 2 heterocycles. The van der Waals surface area contributed by atoms with Gasteiger partial charge < -0.3 is 15.5 Å². The quantitative estimate of drug-likeness (QED) is 0.555. The Morgan fingerprint density at radius 2 is 2.21 bits per heavy atom. The fourth-order valence-corrected chi connectivity index (χ4v) is 2.31. The minimum atomic E-state index is -0.0675. The van der Waals surface area contributed by atoms with Crippen molar-refractivity contribution in [2.75, 3.05) is 24.0 Å². The van der Waals surface area contributed by atoms with E-state index in [0.29, 0.717) is 12.4 Å². The first-order valence-electron chi connectivity index (χ1n) is 6.86. The van der Waals surface area contributed by atoms with Crippen LogP contribution in [0.25, 0.3) is 0 Å². The molecule has 0 spiro atoms. The molecule has 0 saturated carbocycles. The number of nitrogens with one attached hydrogen (secondary N) is 2. The summed E-state index contributed by atoms with van der Waals surface area (Å²) in [7, 11) is 0. The van der Waals surface area contributed by atoms with Crippen LogP contribution in [0, 0.1) is 0 Å². The maximum atomic E-state index is 5.55. The van der Waals surface area contributed by atoms with Crippen molar-refractivity contribution < 1.29 is 4.74 Å². The Labute approximate surface area is 114 Å². The summed E-state index contributed by atoms with van der Waals surface area (Å²) in [5.41, 5.74) is 2.53. The molecular weight excluding hydrogens is 242 g/mol. The molecule has 106 valence electrons. The molecule has 1 aromatic heterocycles. The fraction of sp³-hybridized carbons (Fsp3) is 0.692. The Morgan fingerprint density at radius 3 is 2.84 bits per heavy atom. The van der Waals surface area contributed by atoms with E-state index >= 15 is 0 Å². The van der Waals surface area contributed by atoms with Gasteiger partial charge in [-0.3, -0.25) is 0 Å². The number of hydrazine groups is 1. The molecule has 1 aliphatic rings. The zero-order chi connectivity index (χ0) is 13.7. The van der Waals surface area contributed by atoms with E-state index in [2.05, 4.69) is 34.6 Å². The van der Waals surface area contributed by atoms with Crippen molar-refractivity contribution in [3.63, 3.8) is 0 Å². The van der Waals surface area contributed by atoms with Gasteiger partial charge in [-0.25, -0.2) is 15.8 Å². The number of nitrogens with zero attached hydrogens (tertiary/aromatic N) is 2. The number of hydrogen-bond acceptors (Lipinski definition) is 6. The van der Waals surface area contributed by atoms with Crippen LogP contribution in [0.5, 0.6) is 0 Å². The number of hydrogen-bond donors (Lipinski definition) is 3. The van der Waals surface area contributed by atoms with Crippen LogP contribution >= 0.6 is 0 Å². The average Bonchev–Trinajstić information content (AvgIpc) is 2.39. The van der Waals surface area contributed by atoms with Gasteiger partial charge in [0, 0.05) is 19.1 Å². The maximum absolute atomic E-state index is 5.55. The van der Waals surface area contributed by atoms with Gasteiger partial charge in [0.2, 0.25) is 0 Å². The summed E-state index contributed by atoms with van der Waals surface area (Å²) in [6.07, 6.45) is 4.00. The van der Waals surface area contributed by atoms with E-state index in [0.717, 1.165) is 43.9 Å². The minimum Gasteiger partial charge on any atom is -0.379 e. The van der Waals surface area contributed by atoms with Gasteiger partial charge in [0.15, 0.2) is 0 Å². The third kappa shape index (κ3) is 3.78. The second-order valence-corrected chi connectivity index (χ2v) is 5.29. The molecule has 0 amide bonds. The zero-order valence-electron chi connectivity index (χ0n) is 11.7. The summed E-state index contributed by atoms with van der Waals surface area (Å²) in [6.45, 7) is 5.81. The molecular formula is C13H23N5O. The molecule has 1 unspecified atom stereocenters. The summed E-state index contributed by atoms with van der Waals surface area (Å²) >= 11 is 0. The van der Waals surface area contributed by atoms with Gasteiger partial charge in [-0.1, -0.05) is 6.92 Å². The molecule has 0 aliphatic carbocycles. The Kier molecular flexibility index (Phi) is 4.55. The first-order valence-corrected chi connectivity index (χ1v) is 6.86. The van der Waals surface area contributed by atoms with E-state index in [4.69, 9.17) is 10.6 Å². The minimum absolute atomic E-state index is 0.0675. The monoisotopic (exact) mass is 265 g/mol. The van der Waals surface area contributed by atoms with Gasteiger partial charge in [0.05, 0.1) is 12.1 Å². The van der Waals surface area contributed by atoms with Gasteiger partial charge in [-0.2, -0.15) is 0 Å². The molecule has 1 saturated heterocycles. The molecule has 2 rings (SSSR count). The van der Waals surface area contributed by atoms with Gasteiger partial charge in [-0.05, 0) is 26.2 Å². The number of rotatable bonds is 5. The Hall–Kier alpha value is -1.40. The average molecular weight is 265 g/mol. The molecule has 1 aromatic rings. The highest BCUT2D eigenvalue weighted by Crippen LogP contribution is 2.24. The highest BCUT2D eigenvalue weighted by atomic mass is 16.5. The van der Waals surface area contributed by atoms with Crippen LogP contribution in [-0.2, 0) is 11.2 Å². The molecule has 1 aliphatic heterocycles. The molecule has 6 heteroatoms. The van der Waals surface area contributed by atoms with E-state index in [1.54, 1.807) is 0 Å². The van der Waals surface area contributed by atoms with Crippen molar-refractivity contribution in [1.82, 2.24) is 9.97 Å². The van der Waals surface area contributed by atoms with E-state index in [1.165, 1.54) is 0 Å². The van der Waals surface area contributed by atoms with Crippen LogP contribution in [0.4, 0.5) is 11.6 Å². The Bertz CT molecular complexity index is 417. The number of anilines is 2. The van der Waals surface area contributed by atoms with E-state index in [1.807, 2.05) is 6.07 Å². The predicted octanol–water partition coefficient (Wildman–Crippen LogP) is 1.70. The smallest absolute Gasteiger partial charge is 0.145 e. The molecule has 0 aromatic carbocycles. The number of aromatic nitrogens is 2. The SMILES string of the molecule is CCCc1nc(NN)cc(NC2(C)CCCOC2)n1. The lowest BCUT2D eigenvalue weighted by atomic mass is 9.95. The first kappa shape index (κ1) is 14.0. The number of nitrogens with two attached hydrogens (primary N) is 1. The van der Waals surface area contributed by atoms with Crippen LogP contribution in [0.3, 0.4) is 0 Å². The topological polar surface area (TPSA) is 85.1 Å². The number of aryl methyl sites for hydroxylation is 1. The van der Waals surface area contributed by atoms with E-state index in [9.17, 15) is 0 Å². The molecule has 1 atom stereocenters. The third-order valence-electron chi connectivity index (χ3n) is 3.26. The zero-order valence-corrected chi connectivity index (χ0v) is 11.7. The predicted molar refractivity (Wildman–Crippen MR) is 75.9 cm³/mol. The summed E-state index contributed by atoms with van der Waals surface area (Å²) < 4.78 is 5.55. The van der Waals surface area contributed by atoms with Gasteiger partial charge >= 0.3 is 0 Å². The largest absolute Gasteiger partial charge is 0.379 e.